The highest BCUT2D eigenvalue weighted by atomic mass is 16.6. The summed E-state index contributed by atoms with van der Waals surface area (Å²) in [5.41, 5.74) is 0. The number of ether oxygens (including phenoxy) is 4. The molecule has 0 aliphatic heterocycles. The first kappa shape index (κ1) is 27.5. The number of amides is 2. The average Bonchev–Trinajstić information content (AvgIpc) is 2.74. The Bertz CT molecular complexity index is 481. The van der Waals surface area contributed by atoms with Gasteiger partial charge in [0.05, 0.1) is 38.1 Å². The second-order valence-electron chi connectivity index (χ2n) is 6.79. The van der Waals surface area contributed by atoms with E-state index in [1.54, 1.807) is 13.8 Å². The van der Waals surface area contributed by atoms with E-state index >= 15 is 0 Å². The molecule has 0 bridgehead atoms. The summed E-state index contributed by atoms with van der Waals surface area (Å²) in [5, 5.41) is 4.96. The zero-order valence-electron chi connectivity index (χ0n) is 18.5. The predicted molar refractivity (Wildman–Crippen MR) is 109 cm³/mol. The first-order valence-electron chi connectivity index (χ1n) is 10.5. The Hall–Kier alpha value is -2.52. The van der Waals surface area contributed by atoms with Crippen molar-refractivity contribution in [2.75, 3.05) is 39.5 Å². The van der Waals surface area contributed by atoms with Crippen molar-refractivity contribution in [2.24, 2.45) is 11.8 Å². The molecule has 2 atom stereocenters. The lowest BCUT2D eigenvalue weighted by Crippen LogP contribution is -2.30. The van der Waals surface area contributed by atoms with Gasteiger partial charge < -0.3 is 29.6 Å². The maximum Gasteiger partial charge on any atom is 0.407 e. The number of rotatable bonds is 15. The number of hydrogen-bond acceptors (Lipinski definition) is 8. The van der Waals surface area contributed by atoms with E-state index in [0.29, 0.717) is 25.7 Å². The van der Waals surface area contributed by atoms with Crippen LogP contribution in [0.1, 0.15) is 53.4 Å². The van der Waals surface area contributed by atoms with Crippen LogP contribution in [0.15, 0.2) is 0 Å². The smallest absolute Gasteiger partial charge is 0.407 e. The number of hydrogen-bond donors (Lipinski definition) is 2. The van der Waals surface area contributed by atoms with Gasteiger partial charge in [0.1, 0.15) is 13.2 Å². The molecule has 0 saturated carbocycles. The Morgan fingerprint density at radius 3 is 1.33 bits per heavy atom. The number of nitrogens with one attached hydrogen (secondary N) is 2. The first-order valence-corrected chi connectivity index (χ1v) is 10.5. The molecule has 0 aromatic rings. The molecule has 0 radical (unpaired) electrons. The van der Waals surface area contributed by atoms with E-state index in [9.17, 15) is 19.2 Å². The second kappa shape index (κ2) is 17.3. The van der Waals surface area contributed by atoms with E-state index in [2.05, 4.69) is 10.6 Å². The molecule has 0 spiro atoms. The standard InChI is InChI=1S/C20H36N2O8/c1-5-15(3)17(23)27-13-9-21-19(25)29-11-7-8-12-30-20(26)22-10-14-28-18(24)16(4)6-2/h15-16H,5-14H2,1-4H3,(H,21,25)(H,22,26). The van der Waals surface area contributed by atoms with Crippen LogP contribution in [0.3, 0.4) is 0 Å². The first-order chi connectivity index (χ1) is 14.3. The third-order valence-corrected chi connectivity index (χ3v) is 4.27. The minimum atomic E-state index is -0.597. The largest absolute Gasteiger partial charge is 0.464 e. The second-order valence-corrected chi connectivity index (χ2v) is 6.79. The molecule has 174 valence electrons. The molecule has 2 N–H and O–H groups in total. The maximum absolute atomic E-state index is 11.5. The van der Waals surface area contributed by atoms with Crippen LogP contribution in [-0.2, 0) is 28.5 Å². The summed E-state index contributed by atoms with van der Waals surface area (Å²) in [4.78, 5) is 45.8. The Balaban J connectivity index is 3.53. The zero-order chi connectivity index (χ0) is 22.8. The summed E-state index contributed by atoms with van der Waals surface area (Å²) in [5.74, 6) is -0.894. The van der Waals surface area contributed by atoms with Crippen molar-refractivity contribution in [2.45, 2.75) is 53.4 Å². The van der Waals surface area contributed by atoms with Gasteiger partial charge in [-0.2, -0.15) is 0 Å². The molecular weight excluding hydrogens is 396 g/mol. The number of carbonyl (C=O) groups is 4. The van der Waals surface area contributed by atoms with E-state index in [4.69, 9.17) is 18.9 Å². The summed E-state index contributed by atoms with van der Waals surface area (Å²) in [6, 6.07) is 0. The molecule has 0 heterocycles. The summed E-state index contributed by atoms with van der Waals surface area (Å²) in [7, 11) is 0. The topological polar surface area (TPSA) is 129 Å². The van der Waals surface area contributed by atoms with Gasteiger partial charge in [0.25, 0.3) is 0 Å². The van der Waals surface area contributed by atoms with Crippen molar-refractivity contribution in [3.63, 3.8) is 0 Å². The molecule has 0 rings (SSSR count). The third kappa shape index (κ3) is 14.5. The molecular formula is C20H36N2O8. The molecule has 0 fully saturated rings. The van der Waals surface area contributed by atoms with Crippen molar-refractivity contribution in [3.05, 3.63) is 0 Å². The Labute approximate surface area is 178 Å². The number of alkyl carbamates (subject to hydrolysis) is 2. The molecule has 0 aliphatic carbocycles. The van der Waals surface area contributed by atoms with E-state index in [1.165, 1.54) is 0 Å². The molecule has 10 nitrogen and oxygen atoms in total. The quantitative estimate of drug-likeness (QED) is 0.229. The van der Waals surface area contributed by atoms with Gasteiger partial charge in [-0.05, 0) is 25.7 Å². The van der Waals surface area contributed by atoms with Crippen molar-refractivity contribution in [3.8, 4) is 0 Å². The van der Waals surface area contributed by atoms with Crippen LogP contribution in [-0.4, -0.2) is 63.6 Å². The normalized spacial score (nSPS) is 12.3. The summed E-state index contributed by atoms with van der Waals surface area (Å²) < 4.78 is 19.9. The lowest BCUT2D eigenvalue weighted by atomic mass is 10.1. The van der Waals surface area contributed by atoms with Crippen molar-refractivity contribution < 1.29 is 38.1 Å². The van der Waals surface area contributed by atoms with Gasteiger partial charge in [0.2, 0.25) is 0 Å². The van der Waals surface area contributed by atoms with Gasteiger partial charge in [-0.1, -0.05) is 27.7 Å². The van der Waals surface area contributed by atoms with Crippen LogP contribution in [0.2, 0.25) is 0 Å². The molecule has 2 amide bonds. The highest BCUT2D eigenvalue weighted by Crippen LogP contribution is 2.03. The van der Waals surface area contributed by atoms with E-state index < -0.39 is 12.2 Å². The lowest BCUT2D eigenvalue weighted by Gasteiger charge is -2.11. The molecule has 0 aromatic heterocycles. The van der Waals surface area contributed by atoms with E-state index in [0.717, 1.165) is 0 Å². The minimum absolute atomic E-state index is 0.0953. The lowest BCUT2D eigenvalue weighted by molar-refractivity contribution is -0.148. The molecule has 0 aromatic carbocycles. The van der Waals surface area contributed by atoms with Crippen molar-refractivity contribution >= 4 is 24.1 Å². The average molecular weight is 433 g/mol. The van der Waals surface area contributed by atoms with Gasteiger partial charge in [0.15, 0.2) is 0 Å². The van der Waals surface area contributed by atoms with Crippen LogP contribution in [0.5, 0.6) is 0 Å². The summed E-state index contributed by atoms with van der Waals surface area (Å²) in [6.07, 6.45) is 1.26. The highest BCUT2D eigenvalue weighted by molar-refractivity contribution is 5.72. The summed E-state index contributed by atoms with van der Waals surface area (Å²) in [6.45, 7) is 8.25. The Kier molecular flexibility index (Phi) is 15.9. The van der Waals surface area contributed by atoms with Gasteiger partial charge in [0, 0.05) is 0 Å². The van der Waals surface area contributed by atoms with Gasteiger partial charge in [-0.25, -0.2) is 9.59 Å². The minimum Gasteiger partial charge on any atom is -0.464 e. The van der Waals surface area contributed by atoms with Crippen LogP contribution in [0.25, 0.3) is 0 Å². The third-order valence-electron chi connectivity index (χ3n) is 4.27. The van der Waals surface area contributed by atoms with Gasteiger partial charge >= 0.3 is 24.1 Å². The maximum atomic E-state index is 11.5. The van der Waals surface area contributed by atoms with Crippen LogP contribution < -0.4 is 10.6 Å². The van der Waals surface area contributed by atoms with Gasteiger partial charge in [-0.3, -0.25) is 9.59 Å². The van der Waals surface area contributed by atoms with Gasteiger partial charge in [-0.15, -0.1) is 0 Å². The molecule has 0 aliphatic rings. The van der Waals surface area contributed by atoms with E-state index in [-0.39, 0.29) is 63.3 Å². The monoisotopic (exact) mass is 432 g/mol. The fraction of sp³-hybridized carbons (Fsp3) is 0.800. The molecule has 10 heteroatoms. The van der Waals surface area contributed by atoms with Crippen LogP contribution >= 0.6 is 0 Å². The molecule has 30 heavy (non-hydrogen) atoms. The number of carbonyl (C=O) groups excluding carboxylic acids is 4. The predicted octanol–water partition coefficient (Wildman–Crippen LogP) is 2.40. The highest BCUT2D eigenvalue weighted by Gasteiger charge is 2.12. The van der Waals surface area contributed by atoms with Crippen LogP contribution in [0, 0.1) is 11.8 Å². The Morgan fingerprint density at radius 2 is 1.00 bits per heavy atom. The SMILES string of the molecule is CCC(C)C(=O)OCCNC(=O)OCCCCOC(=O)NCCOC(=O)C(C)CC. The fourth-order valence-corrected chi connectivity index (χ4v) is 1.86. The molecule has 2 unspecified atom stereocenters. The van der Waals surface area contributed by atoms with E-state index in [1.807, 2.05) is 13.8 Å². The number of esters is 2. The van der Waals surface area contributed by atoms with Crippen molar-refractivity contribution in [1.82, 2.24) is 10.6 Å². The summed E-state index contributed by atoms with van der Waals surface area (Å²) >= 11 is 0. The fourth-order valence-electron chi connectivity index (χ4n) is 1.86. The van der Waals surface area contributed by atoms with Crippen molar-refractivity contribution in [1.29, 1.82) is 0 Å². The molecule has 0 saturated heterocycles. The number of unbranched alkanes of at least 4 members (excludes halogenated alkanes) is 1. The zero-order valence-corrected chi connectivity index (χ0v) is 18.5. The van der Waals surface area contributed by atoms with Crippen LogP contribution in [0.4, 0.5) is 9.59 Å². The Morgan fingerprint density at radius 1 is 0.633 bits per heavy atom.